The third-order valence-corrected chi connectivity index (χ3v) is 7.33. The minimum atomic E-state index is 0.0739. The van der Waals surface area contributed by atoms with E-state index >= 15 is 0 Å². The number of aromatic nitrogens is 4. The number of para-hydroxylation sites is 1. The van der Waals surface area contributed by atoms with E-state index in [4.69, 9.17) is 4.98 Å². The molecular formula is C27H29N5OS. The normalized spacial score (nSPS) is 14.4. The van der Waals surface area contributed by atoms with Crippen molar-refractivity contribution in [1.29, 1.82) is 0 Å². The first kappa shape index (κ1) is 22.6. The Morgan fingerprint density at radius 3 is 2.59 bits per heavy atom. The van der Waals surface area contributed by atoms with Crippen molar-refractivity contribution in [2.75, 3.05) is 5.75 Å². The van der Waals surface area contributed by atoms with E-state index in [9.17, 15) is 4.79 Å². The highest BCUT2D eigenvalue weighted by atomic mass is 32.2. The van der Waals surface area contributed by atoms with Gasteiger partial charge in [-0.2, -0.15) is 0 Å². The summed E-state index contributed by atoms with van der Waals surface area (Å²) < 4.78 is 2.09. The number of amides is 1. The highest BCUT2D eigenvalue weighted by molar-refractivity contribution is 7.99. The molecule has 5 rings (SSSR count). The van der Waals surface area contributed by atoms with Crippen molar-refractivity contribution in [1.82, 2.24) is 25.1 Å². The molecule has 0 spiro atoms. The smallest absolute Gasteiger partial charge is 0.230 e. The standard InChI is InChI=1S/C27H29N5OS/c1-2-32-26(30-31-27(32)34-18-25(33)28-20-13-7-4-8-14-20)22-17-24(19-11-5-3-6-12-19)29-23-16-10-9-15-21(22)23/h3,5-6,9-12,15-17,20H,2,4,7-8,13-14,18H2,1H3,(H,28,33). The van der Waals surface area contributed by atoms with Crippen molar-refractivity contribution >= 4 is 28.6 Å². The van der Waals surface area contributed by atoms with Crippen LogP contribution in [-0.4, -0.2) is 37.5 Å². The van der Waals surface area contributed by atoms with E-state index < -0.39 is 0 Å². The van der Waals surface area contributed by atoms with Crippen LogP contribution >= 0.6 is 11.8 Å². The lowest BCUT2D eigenvalue weighted by Crippen LogP contribution is -2.37. The summed E-state index contributed by atoms with van der Waals surface area (Å²) in [6.45, 7) is 2.80. The molecule has 2 aromatic heterocycles. The molecule has 0 bridgehead atoms. The highest BCUT2D eigenvalue weighted by Crippen LogP contribution is 2.33. The van der Waals surface area contributed by atoms with Crippen LogP contribution in [0.3, 0.4) is 0 Å². The molecular weight excluding hydrogens is 442 g/mol. The lowest BCUT2D eigenvalue weighted by molar-refractivity contribution is -0.119. The lowest BCUT2D eigenvalue weighted by atomic mass is 9.95. The Labute approximate surface area is 204 Å². The molecule has 1 aliphatic rings. The second kappa shape index (κ2) is 10.4. The Kier molecular flexibility index (Phi) is 6.90. The molecule has 1 fully saturated rings. The van der Waals surface area contributed by atoms with Crippen LogP contribution in [0.2, 0.25) is 0 Å². The molecule has 0 saturated heterocycles. The molecule has 2 heterocycles. The van der Waals surface area contributed by atoms with E-state index in [0.717, 1.165) is 51.5 Å². The fraction of sp³-hybridized carbons (Fsp3) is 0.333. The van der Waals surface area contributed by atoms with Gasteiger partial charge in [0.05, 0.1) is 17.0 Å². The third-order valence-electron chi connectivity index (χ3n) is 6.36. The quantitative estimate of drug-likeness (QED) is 0.349. The number of benzene rings is 2. The van der Waals surface area contributed by atoms with Crippen LogP contribution in [0, 0.1) is 0 Å². The van der Waals surface area contributed by atoms with Crippen LogP contribution in [0.15, 0.2) is 65.8 Å². The fourth-order valence-corrected chi connectivity index (χ4v) is 5.46. The number of pyridine rings is 1. The largest absolute Gasteiger partial charge is 0.353 e. The summed E-state index contributed by atoms with van der Waals surface area (Å²) in [6.07, 6.45) is 5.86. The second-order valence-corrected chi connectivity index (χ2v) is 9.62. The third kappa shape index (κ3) is 4.85. The van der Waals surface area contributed by atoms with Crippen LogP contribution in [0.4, 0.5) is 0 Å². The predicted molar refractivity (Wildman–Crippen MR) is 138 cm³/mol. The number of thioether (sulfide) groups is 1. The SMILES string of the molecule is CCn1c(SCC(=O)NC2CCCCC2)nnc1-c1cc(-c2ccccc2)nc2ccccc12. The van der Waals surface area contributed by atoms with E-state index in [1.165, 1.54) is 31.0 Å². The molecule has 174 valence electrons. The summed E-state index contributed by atoms with van der Waals surface area (Å²) in [6, 6.07) is 20.7. The molecule has 2 aromatic carbocycles. The lowest BCUT2D eigenvalue weighted by Gasteiger charge is -2.22. The summed E-state index contributed by atoms with van der Waals surface area (Å²) >= 11 is 1.45. The zero-order valence-corrected chi connectivity index (χ0v) is 20.2. The summed E-state index contributed by atoms with van der Waals surface area (Å²) in [4.78, 5) is 17.4. The average Bonchev–Trinajstić information content (AvgIpc) is 3.30. The van der Waals surface area contributed by atoms with Gasteiger partial charge in [0.15, 0.2) is 11.0 Å². The van der Waals surface area contributed by atoms with Gasteiger partial charge < -0.3 is 9.88 Å². The average molecular weight is 472 g/mol. The van der Waals surface area contributed by atoms with Gasteiger partial charge in [-0.3, -0.25) is 4.79 Å². The van der Waals surface area contributed by atoms with Crippen LogP contribution in [0.1, 0.15) is 39.0 Å². The molecule has 6 nitrogen and oxygen atoms in total. The molecule has 34 heavy (non-hydrogen) atoms. The molecule has 1 saturated carbocycles. The van der Waals surface area contributed by atoms with Gasteiger partial charge in [-0.25, -0.2) is 4.98 Å². The second-order valence-electron chi connectivity index (χ2n) is 8.68. The maximum absolute atomic E-state index is 12.5. The summed E-state index contributed by atoms with van der Waals surface area (Å²) in [5.74, 6) is 1.22. The molecule has 4 aromatic rings. The monoisotopic (exact) mass is 471 g/mol. The zero-order valence-electron chi connectivity index (χ0n) is 19.4. The van der Waals surface area contributed by atoms with Gasteiger partial charge in [-0.15, -0.1) is 10.2 Å². The predicted octanol–water partition coefficient (Wildman–Crippen LogP) is 5.72. The van der Waals surface area contributed by atoms with Gasteiger partial charge in [0.2, 0.25) is 5.91 Å². The molecule has 1 aliphatic carbocycles. The van der Waals surface area contributed by atoms with Crippen LogP contribution in [-0.2, 0) is 11.3 Å². The number of fused-ring (bicyclic) bond motifs is 1. The number of carbonyl (C=O) groups is 1. The Hall–Kier alpha value is -3.19. The van der Waals surface area contributed by atoms with Crippen molar-refractivity contribution in [3.8, 4) is 22.6 Å². The maximum Gasteiger partial charge on any atom is 0.230 e. The van der Waals surface area contributed by atoms with Gasteiger partial charge in [0, 0.05) is 29.1 Å². The Morgan fingerprint density at radius 1 is 1.03 bits per heavy atom. The first-order valence-corrected chi connectivity index (χ1v) is 13.0. The number of hydrogen-bond donors (Lipinski definition) is 1. The highest BCUT2D eigenvalue weighted by Gasteiger charge is 2.20. The first-order valence-electron chi connectivity index (χ1n) is 12.0. The minimum absolute atomic E-state index is 0.0739. The number of nitrogens with one attached hydrogen (secondary N) is 1. The maximum atomic E-state index is 12.5. The molecule has 1 N–H and O–H groups in total. The minimum Gasteiger partial charge on any atom is -0.353 e. The Morgan fingerprint density at radius 2 is 1.79 bits per heavy atom. The van der Waals surface area contributed by atoms with E-state index in [1.807, 2.05) is 36.4 Å². The number of hydrogen-bond acceptors (Lipinski definition) is 5. The molecule has 0 radical (unpaired) electrons. The van der Waals surface area contributed by atoms with Gasteiger partial charge in [0.1, 0.15) is 0 Å². The van der Waals surface area contributed by atoms with E-state index in [-0.39, 0.29) is 5.91 Å². The van der Waals surface area contributed by atoms with Crippen molar-refractivity contribution < 1.29 is 4.79 Å². The number of carbonyl (C=O) groups excluding carboxylic acids is 1. The zero-order chi connectivity index (χ0) is 23.3. The van der Waals surface area contributed by atoms with Crippen molar-refractivity contribution in [3.05, 3.63) is 60.7 Å². The Bertz CT molecular complexity index is 1280. The van der Waals surface area contributed by atoms with Gasteiger partial charge in [-0.1, -0.05) is 79.6 Å². The topological polar surface area (TPSA) is 72.7 Å². The molecule has 7 heteroatoms. The van der Waals surface area contributed by atoms with Crippen LogP contribution in [0.5, 0.6) is 0 Å². The van der Waals surface area contributed by atoms with Crippen molar-refractivity contribution in [3.63, 3.8) is 0 Å². The summed E-state index contributed by atoms with van der Waals surface area (Å²) in [5.41, 5.74) is 3.88. The van der Waals surface area contributed by atoms with E-state index in [1.54, 1.807) is 0 Å². The number of nitrogens with zero attached hydrogens (tertiary/aromatic N) is 4. The Balaban J connectivity index is 1.44. The molecule has 0 aliphatic heterocycles. The van der Waals surface area contributed by atoms with Gasteiger partial charge in [0.25, 0.3) is 0 Å². The van der Waals surface area contributed by atoms with Crippen LogP contribution in [0.25, 0.3) is 33.5 Å². The summed E-state index contributed by atoms with van der Waals surface area (Å²) in [5, 5.41) is 14.0. The van der Waals surface area contributed by atoms with Gasteiger partial charge in [-0.05, 0) is 31.9 Å². The fourth-order valence-electron chi connectivity index (χ4n) is 4.64. The number of rotatable bonds is 7. The van der Waals surface area contributed by atoms with Gasteiger partial charge >= 0.3 is 0 Å². The first-order chi connectivity index (χ1) is 16.7. The van der Waals surface area contributed by atoms with E-state index in [2.05, 4.69) is 51.3 Å². The van der Waals surface area contributed by atoms with Crippen LogP contribution < -0.4 is 5.32 Å². The van der Waals surface area contributed by atoms with Crippen molar-refractivity contribution in [2.24, 2.45) is 0 Å². The molecule has 0 atom stereocenters. The molecule has 0 unspecified atom stereocenters. The van der Waals surface area contributed by atoms with Crippen molar-refractivity contribution in [2.45, 2.75) is 56.8 Å². The summed E-state index contributed by atoms with van der Waals surface area (Å²) in [7, 11) is 0. The van der Waals surface area contributed by atoms with E-state index in [0.29, 0.717) is 18.3 Å². The molecule has 1 amide bonds.